The molecule has 0 amide bonds. The van der Waals surface area contributed by atoms with Crippen molar-refractivity contribution >= 4 is 11.9 Å². The Balaban J connectivity index is 2.27. The first-order chi connectivity index (χ1) is 14.5. The molecule has 2 atom stereocenters. The van der Waals surface area contributed by atoms with Crippen LogP contribution in [0.15, 0.2) is 60.7 Å². The van der Waals surface area contributed by atoms with Crippen LogP contribution in [-0.4, -0.2) is 43.5 Å². The highest BCUT2D eigenvalue weighted by Gasteiger charge is 2.16. The molecule has 164 valence electrons. The van der Waals surface area contributed by atoms with E-state index in [0.717, 1.165) is 6.07 Å². The molecule has 6 heteroatoms. The first-order valence-corrected chi connectivity index (χ1v) is 9.75. The van der Waals surface area contributed by atoms with Gasteiger partial charge in [-0.2, -0.15) is 0 Å². The molecule has 5 N–H and O–H groups in total. The van der Waals surface area contributed by atoms with Crippen LogP contribution in [0.2, 0.25) is 0 Å². The standard InChI is InChI=1S/C25H28O6/c1-14(2)22(28)11-17-9-16(5-7-20(17)26)6-8-21(27)19-10-18(12-23(29)15(3)4)24(30)13-25(19)31/h5-10,13,22-23,26,28-31H,1,3,11-12H2,2,4H3/b8-6+/t22-,23-/m1/s1. The molecule has 0 aliphatic rings. The van der Waals surface area contributed by atoms with Gasteiger partial charge >= 0.3 is 0 Å². The summed E-state index contributed by atoms with van der Waals surface area (Å²) >= 11 is 0. The Kier molecular flexibility index (Phi) is 7.80. The maximum absolute atomic E-state index is 12.6. The minimum absolute atomic E-state index is 0.0188. The van der Waals surface area contributed by atoms with Crippen molar-refractivity contribution < 1.29 is 30.3 Å². The van der Waals surface area contributed by atoms with E-state index in [1.165, 1.54) is 24.3 Å². The summed E-state index contributed by atoms with van der Waals surface area (Å²) in [5.41, 5.74) is 2.51. The smallest absolute Gasteiger partial charge is 0.189 e. The molecule has 2 aromatic carbocycles. The van der Waals surface area contributed by atoms with Crippen LogP contribution in [0.3, 0.4) is 0 Å². The lowest BCUT2D eigenvalue weighted by atomic mass is 9.97. The van der Waals surface area contributed by atoms with Crippen molar-refractivity contribution in [3.8, 4) is 17.2 Å². The summed E-state index contributed by atoms with van der Waals surface area (Å²) in [6.07, 6.45) is 1.33. The Labute approximate surface area is 181 Å². The Hall–Kier alpha value is -3.35. The fourth-order valence-corrected chi connectivity index (χ4v) is 2.88. The van der Waals surface area contributed by atoms with Gasteiger partial charge in [0.05, 0.1) is 17.8 Å². The Morgan fingerprint density at radius 1 is 0.871 bits per heavy atom. The molecule has 0 unspecified atom stereocenters. The summed E-state index contributed by atoms with van der Waals surface area (Å²) in [4.78, 5) is 12.6. The Bertz CT molecular complexity index is 1030. The minimum Gasteiger partial charge on any atom is -0.508 e. The molecule has 0 saturated carbocycles. The number of carbonyl (C=O) groups is 1. The Morgan fingerprint density at radius 2 is 1.42 bits per heavy atom. The topological polar surface area (TPSA) is 118 Å². The number of ketones is 1. The minimum atomic E-state index is -0.890. The monoisotopic (exact) mass is 424 g/mol. The van der Waals surface area contributed by atoms with Crippen molar-refractivity contribution in [3.05, 3.63) is 83.0 Å². The van der Waals surface area contributed by atoms with Crippen LogP contribution in [0.1, 0.15) is 40.9 Å². The van der Waals surface area contributed by atoms with Gasteiger partial charge in [0.25, 0.3) is 0 Å². The van der Waals surface area contributed by atoms with E-state index in [1.54, 1.807) is 26.0 Å². The maximum atomic E-state index is 12.6. The molecule has 2 rings (SSSR count). The molecule has 0 saturated heterocycles. The number of phenols is 3. The predicted molar refractivity (Wildman–Crippen MR) is 120 cm³/mol. The SMILES string of the molecule is C=C(C)[C@H](O)Cc1cc(/C=C/C(=O)c2cc(C[C@@H](O)C(=C)C)c(O)cc2O)ccc1O. The normalized spacial score (nSPS) is 13.2. The van der Waals surface area contributed by atoms with Crippen molar-refractivity contribution in [1.29, 1.82) is 0 Å². The third-order valence-electron chi connectivity index (χ3n) is 4.96. The predicted octanol–water partition coefficient (Wildman–Crippen LogP) is 3.66. The lowest BCUT2D eigenvalue weighted by molar-refractivity contribution is 0.104. The first-order valence-electron chi connectivity index (χ1n) is 9.75. The lowest BCUT2D eigenvalue weighted by Crippen LogP contribution is -2.12. The average molecular weight is 424 g/mol. The van der Waals surface area contributed by atoms with E-state index < -0.39 is 18.0 Å². The molecule has 6 nitrogen and oxygen atoms in total. The van der Waals surface area contributed by atoms with Crippen LogP contribution in [0.25, 0.3) is 6.08 Å². The maximum Gasteiger partial charge on any atom is 0.189 e. The summed E-state index contributed by atoms with van der Waals surface area (Å²) < 4.78 is 0. The number of carbonyl (C=O) groups excluding carboxylic acids is 1. The van der Waals surface area contributed by atoms with Gasteiger partial charge in [0.1, 0.15) is 17.2 Å². The molecule has 0 heterocycles. The Morgan fingerprint density at radius 3 is 1.97 bits per heavy atom. The fourth-order valence-electron chi connectivity index (χ4n) is 2.88. The number of benzene rings is 2. The molecule has 0 aromatic heterocycles. The number of hydrogen-bond donors (Lipinski definition) is 5. The number of aliphatic hydroxyl groups excluding tert-OH is 2. The van der Waals surface area contributed by atoms with Gasteiger partial charge in [-0.25, -0.2) is 0 Å². The molecule has 0 bridgehead atoms. The zero-order valence-corrected chi connectivity index (χ0v) is 17.7. The van der Waals surface area contributed by atoms with Gasteiger partial charge in [-0.3, -0.25) is 4.79 Å². The molecule has 0 aliphatic heterocycles. The second-order valence-corrected chi connectivity index (χ2v) is 7.72. The highest BCUT2D eigenvalue weighted by atomic mass is 16.3. The number of aromatic hydroxyl groups is 3. The van der Waals surface area contributed by atoms with Crippen LogP contribution in [-0.2, 0) is 12.8 Å². The number of allylic oxidation sites excluding steroid dienone is 1. The van der Waals surface area contributed by atoms with E-state index in [9.17, 15) is 30.3 Å². The molecule has 0 spiro atoms. The van der Waals surface area contributed by atoms with Crippen LogP contribution < -0.4 is 0 Å². The summed E-state index contributed by atoms with van der Waals surface area (Å²) in [6.45, 7) is 10.7. The quantitative estimate of drug-likeness (QED) is 0.238. The van der Waals surface area contributed by atoms with Gasteiger partial charge in [0.15, 0.2) is 5.78 Å². The largest absolute Gasteiger partial charge is 0.508 e. The molecular weight excluding hydrogens is 396 g/mol. The first kappa shape index (κ1) is 23.9. The van der Waals surface area contributed by atoms with Gasteiger partial charge in [-0.15, -0.1) is 0 Å². The van der Waals surface area contributed by atoms with E-state index in [4.69, 9.17) is 0 Å². The van der Waals surface area contributed by atoms with Gasteiger partial charge < -0.3 is 25.5 Å². The third-order valence-corrected chi connectivity index (χ3v) is 4.96. The molecule has 2 aromatic rings. The lowest BCUT2D eigenvalue weighted by Gasteiger charge is -2.13. The molecule has 0 aliphatic carbocycles. The van der Waals surface area contributed by atoms with Crippen LogP contribution in [0.5, 0.6) is 17.2 Å². The molecule has 31 heavy (non-hydrogen) atoms. The fraction of sp³-hybridized carbons (Fsp3) is 0.240. The van der Waals surface area contributed by atoms with Crippen LogP contribution in [0, 0.1) is 0 Å². The zero-order chi connectivity index (χ0) is 23.3. The van der Waals surface area contributed by atoms with Crippen LogP contribution in [0.4, 0.5) is 0 Å². The number of rotatable bonds is 9. The van der Waals surface area contributed by atoms with Crippen molar-refractivity contribution in [2.24, 2.45) is 0 Å². The van der Waals surface area contributed by atoms with Crippen molar-refractivity contribution in [2.75, 3.05) is 0 Å². The number of phenolic OH excluding ortho intramolecular Hbond substituents is 3. The molecule has 0 fully saturated rings. The van der Waals surface area contributed by atoms with E-state index in [0.29, 0.717) is 27.8 Å². The van der Waals surface area contributed by atoms with Crippen LogP contribution >= 0.6 is 0 Å². The molecular formula is C25H28O6. The summed E-state index contributed by atoms with van der Waals surface area (Å²) in [6, 6.07) is 7.14. The van der Waals surface area contributed by atoms with Crippen molar-refractivity contribution in [3.63, 3.8) is 0 Å². The zero-order valence-electron chi connectivity index (χ0n) is 17.7. The second-order valence-electron chi connectivity index (χ2n) is 7.72. The summed E-state index contributed by atoms with van der Waals surface area (Å²) in [7, 11) is 0. The van der Waals surface area contributed by atoms with E-state index in [2.05, 4.69) is 13.2 Å². The summed E-state index contributed by atoms with van der Waals surface area (Å²) in [5, 5.41) is 50.1. The summed E-state index contributed by atoms with van der Waals surface area (Å²) in [5.74, 6) is -1.07. The highest BCUT2D eigenvalue weighted by Crippen LogP contribution is 2.30. The van der Waals surface area contributed by atoms with Gasteiger partial charge in [-0.1, -0.05) is 36.4 Å². The molecule has 0 radical (unpaired) electrons. The second kappa shape index (κ2) is 10.1. The average Bonchev–Trinajstić information content (AvgIpc) is 2.69. The number of aliphatic hydroxyl groups is 2. The van der Waals surface area contributed by atoms with Gasteiger partial charge in [-0.05, 0) is 54.8 Å². The highest BCUT2D eigenvalue weighted by molar-refractivity contribution is 6.08. The number of hydrogen-bond acceptors (Lipinski definition) is 6. The van der Waals surface area contributed by atoms with Gasteiger partial charge in [0.2, 0.25) is 0 Å². The van der Waals surface area contributed by atoms with Gasteiger partial charge in [0, 0.05) is 18.9 Å². The van der Waals surface area contributed by atoms with Crippen molar-refractivity contribution in [2.45, 2.75) is 38.9 Å². The van der Waals surface area contributed by atoms with E-state index >= 15 is 0 Å². The van der Waals surface area contributed by atoms with E-state index in [-0.39, 0.29) is 35.7 Å². The van der Waals surface area contributed by atoms with E-state index in [1.807, 2.05) is 0 Å². The van der Waals surface area contributed by atoms with Crippen molar-refractivity contribution in [1.82, 2.24) is 0 Å². The third kappa shape index (κ3) is 6.31.